The predicted octanol–water partition coefficient (Wildman–Crippen LogP) is 2.83. The summed E-state index contributed by atoms with van der Waals surface area (Å²) in [6, 6.07) is 0. The van der Waals surface area contributed by atoms with Crippen molar-refractivity contribution < 1.29 is 4.74 Å². The van der Waals surface area contributed by atoms with Gasteiger partial charge < -0.3 is 10.1 Å². The molecule has 2 unspecified atom stereocenters. The summed E-state index contributed by atoms with van der Waals surface area (Å²) < 4.78 is 5.21. The molecule has 1 N–H and O–H groups in total. The van der Waals surface area contributed by atoms with Gasteiger partial charge in [0.25, 0.3) is 0 Å². The molecule has 1 aliphatic carbocycles. The topological polar surface area (TPSA) is 21.3 Å². The SMILES string of the molecule is COCC(C)(C)NCC1CCCC(C)C1. The molecule has 1 aliphatic rings. The minimum atomic E-state index is 0.120. The van der Waals surface area contributed by atoms with Gasteiger partial charge in [-0.15, -0.1) is 0 Å². The van der Waals surface area contributed by atoms with Gasteiger partial charge in [0, 0.05) is 12.6 Å². The van der Waals surface area contributed by atoms with E-state index in [0.29, 0.717) is 0 Å². The van der Waals surface area contributed by atoms with Crippen LogP contribution < -0.4 is 5.32 Å². The molecule has 0 radical (unpaired) electrons. The summed E-state index contributed by atoms with van der Waals surface area (Å²) in [5, 5.41) is 3.63. The predicted molar refractivity (Wildman–Crippen MR) is 65.1 cm³/mol. The van der Waals surface area contributed by atoms with Gasteiger partial charge in [-0.05, 0) is 45.1 Å². The average molecular weight is 213 g/mol. The molecule has 2 heteroatoms. The molecular weight excluding hydrogens is 186 g/mol. The summed E-state index contributed by atoms with van der Waals surface area (Å²) in [5.74, 6) is 1.81. The van der Waals surface area contributed by atoms with Gasteiger partial charge in [-0.25, -0.2) is 0 Å². The van der Waals surface area contributed by atoms with E-state index in [4.69, 9.17) is 4.74 Å². The van der Waals surface area contributed by atoms with Crippen molar-refractivity contribution in [1.29, 1.82) is 0 Å². The monoisotopic (exact) mass is 213 g/mol. The van der Waals surface area contributed by atoms with Crippen molar-refractivity contribution in [1.82, 2.24) is 5.32 Å². The van der Waals surface area contributed by atoms with E-state index in [0.717, 1.165) is 25.0 Å². The minimum absolute atomic E-state index is 0.120. The highest BCUT2D eigenvalue weighted by Gasteiger charge is 2.22. The maximum absolute atomic E-state index is 5.21. The minimum Gasteiger partial charge on any atom is -0.383 e. The van der Waals surface area contributed by atoms with Gasteiger partial charge in [0.1, 0.15) is 0 Å². The van der Waals surface area contributed by atoms with Gasteiger partial charge in [0.2, 0.25) is 0 Å². The Hall–Kier alpha value is -0.0800. The average Bonchev–Trinajstić information content (AvgIpc) is 2.15. The summed E-state index contributed by atoms with van der Waals surface area (Å²) in [5.41, 5.74) is 0.120. The zero-order chi connectivity index (χ0) is 11.3. The van der Waals surface area contributed by atoms with E-state index in [-0.39, 0.29) is 5.54 Å². The first-order chi connectivity index (χ1) is 7.03. The molecule has 1 fully saturated rings. The van der Waals surface area contributed by atoms with Crippen LogP contribution in [0, 0.1) is 11.8 Å². The van der Waals surface area contributed by atoms with E-state index in [9.17, 15) is 0 Å². The molecule has 2 nitrogen and oxygen atoms in total. The van der Waals surface area contributed by atoms with Gasteiger partial charge in [-0.3, -0.25) is 0 Å². The molecule has 2 atom stereocenters. The quantitative estimate of drug-likeness (QED) is 0.758. The molecule has 0 heterocycles. The van der Waals surface area contributed by atoms with E-state index in [2.05, 4.69) is 26.1 Å². The Morgan fingerprint density at radius 2 is 2.07 bits per heavy atom. The second-order valence-corrected chi connectivity index (χ2v) is 5.84. The number of ether oxygens (including phenoxy) is 1. The molecule has 0 aromatic carbocycles. The molecule has 90 valence electrons. The number of rotatable bonds is 5. The van der Waals surface area contributed by atoms with E-state index in [1.807, 2.05) is 0 Å². The Labute approximate surface area is 94.8 Å². The zero-order valence-corrected chi connectivity index (χ0v) is 10.8. The van der Waals surface area contributed by atoms with Crippen molar-refractivity contribution in [2.75, 3.05) is 20.3 Å². The number of methoxy groups -OCH3 is 1. The van der Waals surface area contributed by atoms with Crippen LogP contribution in [0.2, 0.25) is 0 Å². The second-order valence-electron chi connectivity index (χ2n) is 5.84. The summed E-state index contributed by atoms with van der Waals surface area (Å²) >= 11 is 0. The van der Waals surface area contributed by atoms with Crippen LogP contribution in [-0.4, -0.2) is 25.8 Å². The summed E-state index contributed by atoms with van der Waals surface area (Å²) in [6.45, 7) is 8.74. The lowest BCUT2D eigenvalue weighted by Gasteiger charge is -2.32. The van der Waals surface area contributed by atoms with E-state index >= 15 is 0 Å². The third kappa shape index (κ3) is 4.98. The Morgan fingerprint density at radius 3 is 2.67 bits per heavy atom. The smallest absolute Gasteiger partial charge is 0.0639 e. The fourth-order valence-corrected chi connectivity index (χ4v) is 2.58. The first kappa shape index (κ1) is 13.0. The molecule has 0 saturated heterocycles. The largest absolute Gasteiger partial charge is 0.383 e. The number of nitrogens with one attached hydrogen (secondary N) is 1. The van der Waals surface area contributed by atoms with Crippen LogP contribution in [0.25, 0.3) is 0 Å². The highest BCUT2D eigenvalue weighted by Crippen LogP contribution is 2.28. The van der Waals surface area contributed by atoms with Gasteiger partial charge in [0.15, 0.2) is 0 Å². The lowest BCUT2D eigenvalue weighted by molar-refractivity contribution is 0.121. The maximum Gasteiger partial charge on any atom is 0.0639 e. The molecule has 0 aromatic heterocycles. The van der Waals surface area contributed by atoms with Gasteiger partial charge >= 0.3 is 0 Å². The van der Waals surface area contributed by atoms with Crippen molar-refractivity contribution in [2.45, 2.75) is 52.0 Å². The van der Waals surface area contributed by atoms with Crippen LogP contribution in [0.5, 0.6) is 0 Å². The van der Waals surface area contributed by atoms with Crippen LogP contribution in [0.15, 0.2) is 0 Å². The molecule has 0 aromatic rings. The Balaban J connectivity index is 2.23. The molecule has 0 aliphatic heterocycles. The summed E-state index contributed by atoms with van der Waals surface area (Å²) in [4.78, 5) is 0. The number of hydrogen-bond acceptors (Lipinski definition) is 2. The third-order valence-corrected chi connectivity index (χ3v) is 3.42. The van der Waals surface area contributed by atoms with Crippen molar-refractivity contribution in [3.63, 3.8) is 0 Å². The van der Waals surface area contributed by atoms with Gasteiger partial charge in [-0.2, -0.15) is 0 Å². The standard InChI is InChI=1S/C13H27NO/c1-11-6-5-7-12(8-11)9-14-13(2,3)10-15-4/h11-12,14H,5-10H2,1-4H3. The van der Waals surface area contributed by atoms with Crippen molar-refractivity contribution in [3.05, 3.63) is 0 Å². The molecule has 0 spiro atoms. The highest BCUT2D eigenvalue weighted by molar-refractivity contribution is 4.80. The second kappa shape index (κ2) is 5.86. The van der Waals surface area contributed by atoms with Crippen molar-refractivity contribution in [3.8, 4) is 0 Å². The molecule has 0 bridgehead atoms. The molecule has 0 amide bonds. The third-order valence-electron chi connectivity index (χ3n) is 3.42. The molecule has 1 rings (SSSR count). The Morgan fingerprint density at radius 1 is 1.33 bits per heavy atom. The van der Waals surface area contributed by atoms with Crippen molar-refractivity contribution >= 4 is 0 Å². The Bertz CT molecular complexity index is 179. The van der Waals surface area contributed by atoms with Crippen LogP contribution >= 0.6 is 0 Å². The summed E-state index contributed by atoms with van der Waals surface area (Å²) in [7, 11) is 1.77. The maximum atomic E-state index is 5.21. The molecule has 1 saturated carbocycles. The molecule has 15 heavy (non-hydrogen) atoms. The van der Waals surface area contributed by atoms with E-state index in [1.165, 1.54) is 25.7 Å². The summed E-state index contributed by atoms with van der Waals surface area (Å²) in [6.07, 6.45) is 5.65. The van der Waals surface area contributed by atoms with Crippen LogP contribution in [0.1, 0.15) is 46.5 Å². The lowest BCUT2D eigenvalue weighted by Crippen LogP contribution is -2.45. The van der Waals surface area contributed by atoms with Crippen LogP contribution in [-0.2, 0) is 4.74 Å². The van der Waals surface area contributed by atoms with Gasteiger partial charge in [0.05, 0.1) is 6.61 Å². The lowest BCUT2D eigenvalue weighted by atomic mass is 9.82. The number of hydrogen-bond donors (Lipinski definition) is 1. The first-order valence-corrected chi connectivity index (χ1v) is 6.27. The normalized spacial score (nSPS) is 28.0. The first-order valence-electron chi connectivity index (χ1n) is 6.27. The fraction of sp³-hybridized carbons (Fsp3) is 1.00. The van der Waals surface area contributed by atoms with Crippen LogP contribution in [0.4, 0.5) is 0 Å². The highest BCUT2D eigenvalue weighted by atomic mass is 16.5. The van der Waals surface area contributed by atoms with E-state index in [1.54, 1.807) is 7.11 Å². The van der Waals surface area contributed by atoms with E-state index < -0.39 is 0 Å². The molecular formula is C13H27NO. The van der Waals surface area contributed by atoms with Crippen molar-refractivity contribution in [2.24, 2.45) is 11.8 Å². The van der Waals surface area contributed by atoms with Gasteiger partial charge in [-0.1, -0.05) is 19.8 Å². The zero-order valence-electron chi connectivity index (χ0n) is 10.8. The van der Waals surface area contributed by atoms with Crippen LogP contribution in [0.3, 0.4) is 0 Å². The Kier molecular flexibility index (Phi) is 5.07. The fourth-order valence-electron chi connectivity index (χ4n) is 2.58.